The fourth-order valence-electron chi connectivity index (χ4n) is 11.4. The lowest BCUT2D eigenvalue weighted by Crippen LogP contribution is -2.57. The number of carbonyl (C=O) groups excluding carboxylic acids is 10. The molecule has 2 aromatic heterocycles. The normalized spacial score (nSPS) is 17.9. The van der Waals surface area contributed by atoms with E-state index in [9.17, 15) is 63.0 Å². The number of cyclic esters (lactones) is 1. The number of amides is 8. The number of aliphatic hydroxyl groups is 2. The zero-order valence-electron chi connectivity index (χ0n) is 52.3. The zero-order chi connectivity index (χ0) is 68.4. The molecule has 6 atom stereocenters. The summed E-state index contributed by atoms with van der Waals surface area (Å²) in [6, 6.07) is 6.43. The van der Waals surface area contributed by atoms with E-state index in [4.69, 9.17) is 23.9 Å². The first kappa shape index (κ1) is 69.7. The SMILES string of the molecule is CC[C@@]1(O)C(=O)OCc2c1cc1n(c2=O)Cc2c-1nc1cc(F)c(C)c3c1c2[C@@H](N(C)C(O)[C@H](OCNC(=O)CNC(=O)[C@H](Cc1ccccc1)NC(=O)CNC(=O)CNC(=O)[C@H](CN(CC(=O)OC(C)(C)C)C(=O)OC(C)(C)C)N1C(=O)C=CC1=O)C(F)(F)F)CC3. The van der Waals surface area contributed by atoms with Crippen molar-refractivity contribution in [2.24, 2.45) is 0 Å². The lowest BCUT2D eigenvalue weighted by atomic mass is 9.81. The topological polar surface area (TPSA) is 353 Å². The average Bonchev–Trinajstić information content (AvgIpc) is 1.63. The second-order valence-electron chi connectivity index (χ2n) is 24.7. The number of alkyl halides is 3. The minimum Gasteiger partial charge on any atom is -0.459 e. The lowest BCUT2D eigenvalue weighted by molar-refractivity contribution is -0.270. The Morgan fingerprint density at radius 2 is 1.46 bits per heavy atom. The first-order valence-electron chi connectivity index (χ1n) is 29.6. The molecule has 4 aliphatic rings. The van der Waals surface area contributed by atoms with Crippen molar-refractivity contribution in [3.63, 3.8) is 0 Å². The molecule has 93 heavy (non-hydrogen) atoms. The molecule has 3 aliphatic heterocycles. The van der Waals surface area contributed by atoms with E-state index in [-0.39, 0.29) is 65.8 Å². The van der Waals surface area contributed by atoms with Crippen molar-refractivity contribution in [3.8, 4) is 11.4 Å². The van der Waals surface area contributed by atoms with Crippen molar-refractivity contribution >= 4 is 70.3 Å². The summed E-state index contributed by atoms with van der Waals surface area (Å²) in [5.74, 6) is -9.56. The number of benzene rings is 2. The van der Waals surface area contributed by atoms with Gasteiger partial charge in [-0.3, -0.25) is 57.9 Å². The van der Waals surface area contributed by atoms with Gasteiger partial charge in [0, 0.05) is 47.2 Å². The number of aliphatic hydroxyl groups excluding tert-OH is 1. The van der Waals surface area contributed by atoms with Crippen LogP contribution in [0.3, 0.4) is 0 Å². The van der Waals surface area contributed by atoms with E-state index >= 15 is 17.6 Å². The highest BCUT2D eigenvalue weighted by molar-refractivity contribution is 6.15. The Morgan fingerprint density at radius 1 is 0.839 bits per heavy atom. The fourth-order valence-corrected chi connectivity index (χ4v) is 11.4. The van der Waals surface area contributed by atoms with Gasteiger partial charge in [-0.2, -0.15) is 13.2 Å². The Balaban J connectivity index is 0.892. The molecule has 500 valence electrons. The molecule has 0 radical (unpaired) electrons. The van der Waals surface area contributed by atoms with Crippen LogP contribution in [0.15, 0.2) is 59.4 Å². The maximum Gasteiger partial charge on any atom is 0.418 e. The van der Waals surface area contributed by atoms with Crippen LogP contribution in [0, 0.1) is 12.7 Å². The van der Waals surface area contributed by atoms with Gasteiger partial charge in [0.15, 0.2) is 11.7 Å². The molecule has 0 saturated heterocycles. The van der Waals surface area contributed by atoms with Crippen molar-refractivity contribution in [2.45, 2.75) is 148 Å². The number of aromatic nitrogens is 2. The van der Waals surface area contributed by atoms with Gasteiger partial charge in [0.2, 0.25) is 29.5 Å². The minimum absolute atomic E-state index is 0.00211. The molecule has 2 aromatic carbocycles. The van der Waals surface area contributed by atoms with Gasteiger partial charge in [0.05, 0.1) is 55.2 Å². The van der Waals surface area contributed by atoms with Gasteiger partial charge >= 0.3 is 24.2 Å². The van der Waals surface area contributed by atoms with E-state index in [1.807, 2.05) is 0 Å². The van der Waals surface area contributed by atoms with E-state index in [2.05, 4.69) is 26.6 Å². The molecule has 1 aliphatic carbocycles. The molecule has 5 heterocycles. The number of carbonyl (C=O) groups is 10. The van der Waals surface area contributed by atoms with Crippen molar-refractivity contribution in [3.05, 3.63) is 110 Å². The van der Waals surface area contributed by atoms with Crippen molar-refractivity contribution in [2.75, 3.05) is 46.5 Å². The molecule has 31 heteroatoms. The van der Waals surface area contributed by atoms with Crippen molar-refractivity contribution < 1.29 is 94.7 Å². The molecule has 1 unspecified atom stereocenters. The first-order chi connectivity index (χ1) is 43.5. The summed E-state index contributed by atoms with van der Waals surface area (Å²) in [6.07, 6.45) is -10.3. The van der Waals surface area contributed by atoms with E-state index in [1.165, 1.54) is 45.4 Å². The van der Waals surface area contributed by atoms with Crippen LogP contribution in [-0.4, -0.2) is 182 Å². The lowest BCUT2D eigenvalue weighted by Gasteiger charge is -2.40. The third kappa shape index (κ3) is 15.7. The molecule has 8 rings (SSSR count). The molecular weight excluding hydrogens is 1230 g/mol. The molecule has 0 saturated carbocycles. The third-order valence-electron chi connectivity index (χ3n) is 15.9. The van der Waals surface area contributed by atoms with Crippen LogP contribution in [0.4, 0.5) is 22.4 Å². The summed E-state index contributed by atoms with van der Waals surface area (Å²) in [4.78, 5) is 153. The number of hydrogen-bond donors (Lipinski definition) is 7. The number of imide groups is 1. The number of nitrogens with zero attached hydrogens (tertiary/aromatic N) is 5. The van der Waals surface area contributed by atoms with Crippen LogP contribution in [-0.2, 0) is 93.7 Å². The van der Waals surface area contributed by atoms with E-state index in [0.29, 0.717) is 32.5 Å². The van der Waals surface area contributed by atoms with Gasteiger partial charge in [-0.25, -0.2) is 19.0 Å². The number of rotatable bonds is 23. The van der Waals surface area contributed by atoms with Gasteiger partial charge in [0.25, 0.3) is 17.4 Å². The molecule has 0 fully saturated rings. The largest absolute Gasteiger partial charge is 0.459 e. The van der Waals surface area contributed by atoms with Crippen LogP contribution >= 0.6 is 0 Å². The summed E-state index contributed by atoms with van der Waals surface area (Å²) >= 11 is 0. The molecule has 8 amide bonds. The molecule has 0 spiro atoms. The number of hydrogen-bond acceptors (Lipinski definition) is 19. The molecule has 7 N–H and O–H groups in total. The first-order valence-corrected chi connectivity index (χ1v) is 29.6. The van der Waals surface area contributed by atoms with Gasteiger partial charge < -0.3 is 60.3 Å². The molecule has 27 nitrogen and oxygen atoms in total. The number of pyridine rings is 2. The van der Waals surface area contributed by atoms with Crippen LogP contribution in [0.5, 0.6) is 0 Å². The van der Waals surface area contributed by atoms with Crippen molar-refractivity contribution in [1.82, 2.24) is 50.8 Å². The number of aryl methyl sites for hydroxylation is 1. The standard InChI is InChI=1S/C62H72F4N10O17/c1-10-61(89)36-21-41-51-34(26-75(41)55(85)35(36)29-90-57(61)87)50-40(17-16-33-31(2)37(63)22-38(72-51)49(33)50)73(9)56(86)52(62(64,65)66)91-30-70-44(78)24-68-53(83)39(20-32-14-12-11-13-15-32)71-45(79)25-67-43(77)23-69-54(84)42(76-46(80)18-19-47(76)81)27-74(58(88)93-60(6,7)8)28-48(82)92-59(3,4)5/h11-15,18-19,21-22,39-40,42,52,56,86,89H,10,16-17,20,23-30H2,1-9H3,(H,67,77)(H,68,83)(H,69,84)(H,70,78)(H,71,79)/t39-,40-,42-,52-,56?,61-/m0/s1. The van der Waals surface area contributed by atoms with Gasteiger partial charge in [-0.05, 0) is 103 Å². The number of ether oxygens (including phenoxy) is 4. The molecule has 4 aromatic rings. The van der Waals surface area contributed by atoms with Gasteiger partial charge in [-0.1, -0.05) is 37.3 Å². The summed E-state index contributed by atoms with van der Waals surface area (Å²) < 4.78 is 83.0. The Bertz CT molecular complexity index is 3750. The Kier molecular flexibility index (Phi) is 20.6. The monoisotopic (exact) mass is 1300 g/mol. The summed E-state index contributed by atoms with van der Waals surface area (Å²) in [7, 11) is 1.21. The quantitative estimate of drug-likeness (QED) is 0.0161. The summed E-state index contributed by atoms with van der Waals surface area (Å²) in [5.41, 5.74) is -2.51. The maximum absolute atomic E-state index is 15.6. The third-order valence-corrected chi connectivity index (χ3v) is 15.9. The number of nitrogens with one attached hydrogen (secondary N) is 5. The van der Waals surface area contributed by atoms with Crippen LogP contribution in [0.2, 0.25) is 0 Å². The fraction of sp³-hybridized carbons (Fsp3) is 0.484. The Morgan fingerprint density at radius 3 is 2.09 bits per heavy atom. The second-order valence-corrected chi connectivity index (χ2v) is 24.7. The number of halogens is 4. The van der Waals surface area contributed by atoms with E-state index < -0.39 is 170 Å². The van der Waals surface area contributed by atoms with Crippen LogP contribution in [0.25, 0.3) is 22.3 Å². The van der Waals surface area contributed by atoms with Crippen LogP contribution in [0.1, 0.15) is 106 Å². The number of likely N-dealkylation sites (N-methyl/N-ethyl adjacent to an activating group) is 1. The highest BCUT2D eigenvalue weighted by Gasteiger charge is 2.50. The summed E-state index contributed by atoms with van der Waals surface area (Å²) in [6.45, 7) is 6.46. The molecular formula is C62H72F4N10O17. The number of esters is 2. The maximum atomic E-state index is 15.6. The van der Waals surface area contributed by atoms with E-state index in [1.54, 1.807) is 58.0 Å². The smallest absolute Gasteiger partial charge is 0.418 e. The van der Waals surface area contributed by atoms with Crippen molar-refractivity contribution in [1.29, 1.82) is 0 Å². The predicted molar refractivity (Wildman–Crippen MR) is 318 cm³/mol. The Hall–Kier alpha value is -9.20. The minimum atomic E-state index is -5.28. The van der Waals surface area contributed by atoms with Gasteiger partial charge in [0.1, 0.15) is 55.2 Å². The average molecular weight is 1310 g/mol. The zero-order valence-corrected chi connectivity index (χ0v) is 52.3. The molecule has 0 bridgehead atoms. The predicted octanol–water partition coefficient (Wildman–Crippen LogP) is 1.73. The van der Waals surface area contributed by atoms with E-state index in [0.717, 1.165) is 28.0 Å². The highest BCUT2D eigenvalue weighted by atomic mass is 19.4. The van der Waals surface area contributed by atoms with Gasteiger partial charge in [-0.15, -0.1) is 0 Å². The highest BCUT2D eigenvalue weighted by Crippen LogP contribution is 2.48. The Labute approximate surface area is 529 Å². The van der Waals surface area contributed by atoms with Crippen LogP contribution < -0.4 is 32.1 Å². The number of fused-ring (bicyclic) bond motifs is 5. The summed E-state index contributed by atoms with van der Waals surface area (Å²) in [5, 5.41) is 34.8. The second kappa shape index (κ2) is 27.6.